The van der Waals surface area contributed by atoms with Gasteiger partial charge in [-0.05, 0) is 52.0 Å². The summed E-state index contributed by atoms with van der Waals surface area (Å²) in [5.41, 5.74) is 2.53. The summed E-state index contributed by atoms with van der Waals surface area (Å²) in [7, 11) is 1.61. The van der Waals surface area contributed by atoms with E-state index in [0.717, 1.165) is 29.8 Å². The highest BCUT2D eigenvalue weighted by Crippen LogP contribution is 2.31. The van der Waals surface area contributed by atoms with E-state index in [1.165, 1.54) is 0 Å². The summed E-state index contributed by atoms with van der Waals surface area (Å²) < 4.78 is 13.4. The third kappa shape index (κ3) is 4.46. The molecule has 7 nitrogen and oxygen atoms in total. The maximum Gasteiger partial charge on any atom is 0.240 e. The van der Waals surface area contributed by atoms with Gasteiger partial charge in [-0.15, -0.1) is 0 Å². The average Bonchev–Trinajstić information content (AvgIpc) is 3.20. The van der Waals surface area contributed by atoms with Crippen LogP contribution in [0.5, 0.6) is 11.8 Å². The summed E-state index contributed by atoms with van der Waals surface area (Å²) in [5, 5.41) is 7.93. The lowest BCUT2D eigenvalue weighted by atomic mass is 9.81. The molecule has 3 aromatic rings. The second-order valence-corrected chi connectivity index (χ2v) is 9.10. The fraction of sp³-hybridized carbons (Fsp3) is 0.435. The first-order valence-corrected chi connectivity index (χ1v) is 10.2. The van der Waals surface area contributed by atoms with Crippen LogP contribution in [0.3, 0.4) is 0 Å². The first kappa shape index (κ1) is 20.3. The minimum absolute atomic E-state index is 0.0309. The molecule has 1 saturated heterocycles. The van der Waals surface area contributed by atoms with Gasteiger partial charge in [-0.25, -0.2) is 14.6 Å². The predicted octanol–water partition coefficient (Wildman–Crippen LogP) is 4.03. The number of ether oxygens (including phenoxy) is 2. The van der Waals surface area contributed by atoms with Gasteiger partial charge < -0.3 is 14.8 Å². The molecule has 30 heavy (non-hydrogen) atoms. The molecule has 1 N–H and O–H groups in total. The van der Waals surface area contributed by atoms with E-state index in [0.29, 0.717) is 11.8 Å². The zero-order valence-electron chi connectivity index (χ0n) is 18.2. The van der Waals surface area contributed by atoms with Crippen molar-refractivity contribution >= 4 is 0 Å². The fourth-order valence-electron chi connectivity index (χ4n) is 4.41. The van der Waals surface area contributed by atoms with Gasteiger partial charge in [0.15, 0.2) is 0 Å². The number of nitrogens with zero attached hydrogens (tertiary/aromatic N) is 4. The Hall–Kier alpha value is -2.93. The first-order chi connectivity index (χ1) is 14.2. The normalized spacial score (nSPS) is 18.2. The summed E-state index contributed by atoms with van der Waals surface area (Å²) in [4.78, 5) is 9.16. The minimum Gasteiger partial charge on any atom is -0.479 e. The lowest BCUT2D eigenvalue weighted by Gasteiger charge is -2.46. The molecule has 4 heterocycles. The van der Waals surface area contributed by atoms with E-state index in [9.17, 15) is 0 Å². The lowest BCUT2D eigenvalue weighted by molar-refractivity contribution is 0.0530. The van der Waals surface area contributed by atoms with E-state index < -0.39 is 0 Å². The van der Waals surface area contributed by atoms with E-state index in [-0.39, 0.29) is 17.2 Å². The molecule has 1 aliphatic rings. The van der Waals surface area contributed by atoms with Crippen LogP contribution < -0.4 is 14.8 Å². The van der Waals surface area contributed by atoms with Gasteiger partial charge in [0, 0.05) is 54.1 Å². The molecular weight excluding hydrogens is 378 g/mol. The van der Waals surface area contributed by atoms with E-state index in [1.54, 1.807) is 24.2 Å². The molecule has 0 spiro atoms. The van der Waals surface area contributed by atoms with E-state index in [1.807, 2.05) is 36.5 Å². The van der Waals surface area contributed by atoms with Crippen molar-refractivity contribution in [1.29, 1.82) is 0 Å². The molecule has 7 heteroatoms. The molecule has 0 radical (unpaired) electrons. The highest BCUT2D eigenvalue weighted by Gasteiger charge is 2.38. The molecule has 1 aliphatic heterocycles. The maximum absolute atomic E-state index is 6.22. The molecule has 3 aromatic heterocycles. The number of nitrogens with one attached hydrogen (secondary N) is 1. The van der Waals surface area contributed by atoms with Crippen molar-refractivity contribution in [1.82, 2.24) is 25.1 Å². The van der Waals surface area contributed by atoms with Crippen molar-refractivity contribution in [3.63, 3.8) is 0 Å². The minimum atomic E-state index is 0.0309. The SMILES string of the molecule is COc1nc(-c2ccc(OC3CC(C)(C)NC(C)(C)C3)nc2)ccc1-n1cccn1. The molecule has 4 rings (SSSR count). The third-order valence-electron chi connectivity index (χ3n) is 5.26. The van der Waals surface area contributed by atoms with Gasteiger partial charge in [0.05, 0.1) is 12.8 Å². The van der Waals surface area contributed by atoms with Gasteiger partial charge in [-0.2, -0.15) is 5.10 Å². The molecule has 158 valence electrons. The molecule has 0 aromatic carbocycles. The Labute approximate surface area is 177 Å². The van der Waals surface area contributed by atoms with Gasteiger partial charge in [-0.1, -0.05) is 0 Å². The van der Waals surface area contributed by atoms with E-state index in [2.05, 4.69) is 48.1 Å². The molecule has 0 atom stereocenters. The van der Waals surface area contributed by atoms with Crippen molar-refractivity contribution in [2.75, 3.05) is 7.11 Å². The van der Waals surface area contributed by atoms with Gasteiger partial charge in [0.2, 0.25) is 11.8 Å². The van der Waals surface area contributed by atoms with Crippen molar-refractivity contribution in [2.24, 2.45) is 0 Å². The summed E-state index contributed by atoms with van der Waals surface area (Å²) in [6.07, 6.45) is 7.38. The second-order valence-electron chi connectivity index (χ2n) is 9.10. The van der Waals surface area contributed by atoms with Crippen LogP contribution in [0.4, 0.5) is 0 Å². The van der Waals surface area contributed by atoms with Gasteiger partial charge in [0.1, 0.15) is 11.8 Å². The Bertz CT molecular complexity index is 981. The number of hydrogen-bond acceptors (Lipinski definition) is 6. The van der Waals surface area contributed by atoms with Gasteiger partial charge >= 0.3 is 0 Å². The highest BCUT2D eigenvalue weighted by molar-refractivity contribution is 5.61. The summed E-state index contributed by atoms with van der Waals surface area (Å²) >= 11 is 0. The number of pyridine rings is 2. The molecule has 0 bridgehead atoms. The van der Waals surface area contributed by atoms with Crippen molar-refractivity contribution < 1.29 is 9.47 Å². The number of methoxy groups -OCH3 is 1. The highest BCUT2D eigenvalue weighted by atomic mass is 16.5. The largest absolute Gasteiger partial charge is 0.479 e. The fourth-order valence-corrected chi connectivity index (χ4v) is 4.41. The zero-order valence-corrected chi connectivity index (χ0v) is 18.2. The Kier molecular flexibility index (Phi) is 5.24. The van der Waals surface area contributed by atoms with Crippen LogP contribution in [0.15, 0.2) is 48.9 Å². The average molecular weight is 408 g/mol. The topological polar surface area (TPSA) is 74.1 Å². The zero-order chi connectivity index (χ0) is 21.4. The summed E-state index contributed by atoms with van der Waals surface area (Å²) in [5.74, 6) is 1.15. The maximum atomic E-state index is 6.22. The van der Waals surface area contributed by atoms with E-state index in [4.69, 9.17) is 9.47 Å². The second kappa shape index (κ2) is 7.72. The van der Waals surface area contributed by atoms with Gasteiger partial charge in [0.25, 0.3) is 0 Å². The quantitative estimate of drug-likeness (QED) is 0.688. The molecule has 0 aliphatic carbocycles. The molecule has 0 unspecified atom stereocenters. The molecule has 0 saturated carbocycles. The van der Waals surface area contributed by atoms with Crippen molar-refractivity contribution in [3.05, 3.63) is 48.9 Å². The Morgan fingerprint density at radius 1 is 1.07 bits per heavy atom. The molecule has 0 amide bonds. The number of aromatic nitrogens is 4. The predicted molar refractivity (Wildman–Crippen MR) is 116 cm³/mol. The number of hydrogen-bond donors (Lipinski definition) is 1. The number of rotatable bonds is 5. The summed E-state index contributed by atoms with van der Waals surface area (Å²) in [6.45, 7) is 8.86. The third-order valence-corrected chi connectivity index (χ3v) is 5.26. The van der Waals surface area contributed by atoms with Crippen molar-refractivity contribution in [2.45, 2.75) is 57.7 Å². The Morgan fingerprint density at radius 2 is 1.83 bits per heavy atom. The van der Waals surface area contributed by atoms with Crippen LogP contribution in [-0.2, 0) is 0 Å². The smallest absolute Gasteiger partial charge is 0.240 e. The monoisotopic (exact) mass is 407 g/mol. The van der Waals surface area contributed by atoms with Gasteiger partial charge in [-0.3, -0.25) is 0 Å². The standard InChI is InChI=1S/C23H29N5O2/c1-22(2)13-17(14-23(3,4)27-22)30-20-10-7-16(15-24-20)18-8-9-19(21(26-18)29-5)28-12-6-11-25-28/h6-12,15,17,27H,13-14H2,1-5H3. The molecular formula is C23H29N5O2. The lowest BCUT2D eigenvalue weighted by Crippen LogP contribution is -2.60. The Balaban J connectivity index is 1.51. The van der Waals surface area contributed by atoms with Crippen LogP contribution in [0.1, 0.15) is 40.5 Å². The molecule has 1 fully saturated rings. The van der Waals surface area contributed by atoms with Crippen molar-refractivity contribution in [3.8, 4) is 28.7 Å². The summed E-state index contributed by atoms with van der Waals surface area (Å²) in [6, 6.07) is 9.63. The van der Waals surface area contributed by atoms with Crippen LogP contribution in [0.25, 0.3) is 16.9 Å². The van der Waals surface area contributed by atoms with Crippen LogP contribution in [0, 0.1) is 0 Å². The number of piperidine rings is 1. The van der Waals surface area contributed by atoms with Crippen LogP contribution in [0.2, 0.25) is 0 Å². The van der Waals surface area contributed by atoms with Crippen LogP contribution in [-0.4, -0.2) is 44.0 Å². The van der Waals surface area contributed by atoms with Crippen LogP contribution >= 0.6 is 0 Å². The Morgan fingerprint density at radius 3 is 2.43 bits per heavy atom. The van der Waals surface area contributed by atoms with E-state index >= 15 is 0 Å². The first-order valence-electron chi connectivity index (χ1n) is 10.2.